The van der Waals surface area contributed by atoms with Crippen molar-refractivity contribution in [1.82, 2.24) is 15.1 Å². The molecule has 0 saturated carbocycles. The summed E-state index contributed by atoms with van der Waals surface area (Å²) in [6, 6.07) is 0. The third kappa shape index (κ3) is 2.21. The fourth-order valence-electron chi connectivity index (χ4n) is 0.568. The molecule has 0 aliphatic carbocycles. The quantitative estimate of drug-likeness (QED) is 0.681. The summed E-state index contributed by atoms with van der Waals surface area (Å²) in [6.45, 7) is 0.810. The molecule has 0 unspecified atom stereocenters. The Bertz CT molecular complexity index is 210. The monoisotopic (exact) mass is 177 g/mol. The maximum absolute atomic E-state index is 5.57. The minimum Gasteiger partial charge on any atom is -0.303 e. The molecule has 0 aromatic carbocycles. The van der Waals surface area contributed by atoms with E-state index < -0.39 is 0 Å². The van der Waals surface area contributed by atoms with Crippen molar-refractivity contribution in [2.45, 2.75) is 6.54 Å². The number of hydrogen-bond donors (Lipinski definition) is 0. The Hall–Kier alpha value is -0.190. The van der Waals surface area contributed by atoms with Crippen molar-refractivity contribution < 1.29 is 0 Å². The van der Waals surface area contributed by atoms with Gasteiger partial charge < -0.3 is 4.90 Å². The Labute approximate surface area is 68.6 Å². The zero-order chi connectivity index (χ0) is 7.56. The van der Waals surface area contributed by atoms with E-state index in [9.17, 15) is 0 Å². The number of rotatable bonds is 2. The summed E-state index contributed by atoms with van der Waals surface area (Å²) in [5.41, 5.74) is 0. The molecule has 0 amide bonds. The summed E-state index contributed by atoms with van der Waals surface area (Å²) < 4.78 is 0.511. The second-order valence-corrected chi connectivity index (χ2v) is 3.83. The Kier molecular flexibility index (Phi) is 2.59. The van der Waals surface area contributed by atoms with E-state index in [0.717, 1.165) is 11.6 Å². The molecule has 3 nitrogen and oxygen atoms in total. The normalized spacial score (nSPS) is 10.8. The molecule has 0 aliphatic rings. The zero-order valence-corrected chi connectivity index (χ0v) is 7.41. The highest BCUT2D eigenvalue weighted by Gasteiger charge is 2.01. The van der Waals surface area contributed by atoms with Gasteiger partial charge in [0.05, 0.1) is 6.54 Å². The first-order valence-electron chi connectivity index (χ1n) is 2.81. The molecule has 1 aromatic rings. The average Bonchev–Trinajstić information content (AvgIpc) is 2.13. The predicted molar refractivity (Wildman–Crippen MR) is 42.3 cm³/mol. The van der Waals surface area contributed by atoms with E-state index >= 15 is 0 Å². The molecule has 1 aromatic heterocycles. The van der Waals surface area contributed by atoms with Gasteiger partial charge >= 0.3 is 0 Å². The highest BCUT2D eigenvalue weighted by atomic mass is 35.5. The van der Waals surface area contributed by atoms with Crippen LogP contribution < -0.4 is 0 Å². The molecule has 10 heavy (non-hydrogen) atoms. The first-order valence-corrected chi connectivity index (χ1v) is 4.00. The van der Waals surface area contributed by atoms with Gasteiger partial charge in [0.2, 0.25) is 4.47 Å². The van der Waals surface area contributed by atoms with Crippen LogP contribution in [0.3, 0.4) is 0 Å². The molecule has 5 heteroatoms. The molecule has 0 fully saturated rings. The van der Waals surface area contributed by atoms with Crippen molar-refractivity contribution in [2.75, 3.05) is 14.1 Å². The second-order valence-electron chi connectivity index (χ2n) is 2.19. The summed E-state index contributed by atoms with van der Waals surface area (Å²) in [5, 5.41) is 8.48. The van der Waals surface area contributed by atoms with Gasteiger partial charge in [-0.1, -0.05) is 11.3 Å². The van der Waals surface area contributed by atoms with E-state index in [-0.39, 0.29) is 0 Å². The van der Waals surface area contributed by atoms with E-state index in [1.165, 1.54) is 11.3 Å². The summed E-state index contributed by atoms with van der Waals surface area (Å²) >= 11 is 6.99. The van der Waals surface area contributed by atoms with E-state index in [1.54, 1.807) is 0 Å². The van der Waals surface area contributed by atoms with Crippen LogP contribution in [0, 0.1) is 0 Å². The predicted octanol–water partition coefficient (Wildman–Crippen LogP) is 1.25. The fourth-order valence-corrected chi connectivity index (χ4v) is 1.55. The van der Waals surface area contributed by atoms with E-state index in [0.29, 0.717) is 4.47 Å². The Morgan fingerprint density at radius 2 is 2.20 bits per heavy atom. The average molecular weight is 178 g/mol. The van der Waals surface area contributed by atoms with Gasteiger partial charge in [0, 0.05) is 0 Å². The number of halogens is 1. The van der Waals surface area contributed by atoms with Crippen molar-refractivity contribution in [3.05, 3.63) is 9.47 Å². The molecule has 0 aliphatic heterocycles. The Balaban J connectivity index is 2.58. The van der Waals surface area contributed by atoms with Gasteiger partial charge in [-0.3, -0.25) is 0 Å². The van der Waals surface area contributed by atoms with Gasteiger partial charge in [-0.05, 0) is 25.7 Å². The SMILES string of the molecule is CN(C)Cc1nnc(Cl)s1. The van der Waals surface area contributed by atoms with Crippen molar-refractivity contribution in [2.24, 2.45) is 0 Å². The van der Waals surface area contributed by atoms with Crippen molar-refractivity contribution in [1.29, 1.82) is 0 Å². The molecule has 0 saturated heterocycles. The van der Waals surface area contributed by atoms with Gasteiger partial charge in [-0.25, -0.2) is 0 Å². The van der Waals surface area contributed by atoms with Crippen LogP contribution in [-0.4, -0.2) is 29.2 Å². The minimum atomic E-state index is 0.511. The van der Waals surface area contributed by atoms with Crippen LogP contribution in [0.1, 0.15) is 5.01 Å². The van der Waals surface area contributed by atoms with Crippen LogP contribution in [0.4, 0.5) is 0 Å². The van der Waals surface area contributed by atoms with Crippen LogP contribution in [-0.2, 0) is 6.54 Å². The topological polar surface area (TPSA) is 29.0 Å². The third-order valence-electron chi connectivity index (χ3n) is 0.894. The van der Waals surface area contributed by atoms with Gasteiger partial charge in [-0.2, -0.15) is 0 Å². The molecule has 0 spiro atoms. The van der Waals surface area contributed by atoms with Crippen molar-refractivity contribution in [3.8, 4) is 0 Å². The molecule has 0 bridgehead atoms. The molecular weight excluding hydrogens is 170 g/mol. The van der Waals surface area contributed by atoms with E-state index in [1.807, 2.05) is 19.0 Å². The first-order chi connectivity index (χ1) is 4.68. The summed E-state index contributed by atoms with van der Waals surface area (Å²) in [4.78, 5) is 2.02. The van der Waals surface area contributed by atoms with Crippen LogP contribution in [0.15, 0.2) is 0 Å². The standard InChI is InChI=1S/C5H8ClN3S/c1-9(2)3-4-7-8-5(6)10-4/h3H2,1-2H3. The molecule has 0 radical (unpaired) electrons. The van der Waals surface area contributed by atoms with Crippen LogP contribution >= 0.6 is 22.9 Å². The lowest BCUT2D eigenvalue weighted by atomic mass is 10.6. The number of aromatic nitrogens is 2. The third-order valence-corrected chi connectivity index (χ3v) is 1.90. The highest BCUT2D eigenvalue weighted by molar-refractivity contribution is 7.15. The summed E-state index contributed by atoms with van der Waals surface area (Å²) in [6.07, 6.45) is 0. The smallest absolute Gasteiger partial charge is 0.207 e. The minimum absolute atomic E-state index is 0.511. The van der Waals surface area contributed by atoms with Crippen molar-refractivity contribution in [3.63, 3.8) is 0 Å². The van der Waals surface area contributed by atoms with E-state index in [4.69, 9.17) is 11.6 Å². The first kappa shape index (κ1) is 7.91. The van der Waals surface area contributed by atoms with Crippen LogP contribution in [0.5, 0.6) is 0 Å². The highest BCUT2D eigenvalue weighted by Crippen LogP contribution is 2.15. The maximum atomic E-state index is 5.57. The number of nitrogens with zero attached hydrogens (tertiary/aromatic N) is 3. The van der Waals surface area contributed by atoms with Gasteiger partial charge in [0.25, 0.3) is 0 Å². The van der Waals surface area contributed by atoms with Crippen LogP contribution in [0.2, 0.25) is 4.47 Å². The Morgan fingerprint density at radius 1 is 1.50 bits per heavy atom. The lowest BCUT2D eigenvalue weighted by Crippen LogP contribution is -2.10. The lowest BCUT2D eigenvalue weighted by Gasteiger charge is -2.03. The summed E-state index contributed by atoms with van der Waals surface area (Å²) in [5.74, 6) is 0. The van der Waals surface area contributed by atoms with Gasteiger partial charge in [0.15, 0.2) is 0 Å². The summed E-state index contributed by atoms with van der Waals surface area (Å²) in [7, 11) is 3.96. The molecule has 0 atom stereocenters. The van der Waals surface area contributed by atoms with Crippen molar-refractivity contribution >= 4 is 22.9 Å². The molecular formula is C5H8ClN3S. The molecule has 56 valence electrons. The van der Waals surface area contributed by atoms with Gasteiger partial charge in [0.1, 0.15) is 5.01 Å². The fraction of sp³-hybridized carbons (Fsp3) is 0.600. The van der Waals surface area contributed by atoms with Crippen LogP contribution in [0.25, 0.3) is 0 Å². The zero-order valence-electron chi connectivity index (χ0n) is 5.83. The largest absolute Gasteiger partial charge is 0.303 e. The molecule has 1 heterocycles. The molecule has 0 N–H and O–H groups in total. The second kappa shape index (κ2) is 3.27. The van der Waals surface area contributed by atoms with Gasteiger partial charge in [-0.15, -0.1) is 10.2 Å². The number of hydrogen-bond acceptors (Lipinski definition) is 4. The molecule has 1 rings (SSSR count). The maximum Gasteiger partial charge on any atom is 0.207 e. The van der Waals surface area contributed by atoms with E-state index in [2.05, 4.69) is 10.2 Å². The lowest BCUT2D eigenvalue weighted by molar-refractivity contribution is 0.400. The Morgan fingerprint density at radius 3 is 2.60 bits per heavy atom.